The maximum Gasteiger partial charge on any atom is 0.357 e. The van der Waals surface area contributed by atoms with Crippen molar-refractivity contribution in [3.05, 3.63) is 29.6 Å². The number of carboxylic acid groups (broad SMARTS) is 1. The molecule has 4 N–H and O–H groups in total. The van der Waals surface area contributed by atoms with Crippen LogP contribution in [0.1, 0.15) is 41.4 Å². The van der Waals surface area contributed by atoms with E-state index in [1.54, 1.807) is 13.1 Å². The van der Waals surface area contributed by atoms with Crippen molar-refractivity contribution in [3.63, 3.8) is 0 Å². The Hall–Kier alpha value is -2.20. The molecule has 0 amide bonds. The van der Waals surface area contributed by atoms with Gasteiger partial charge in [-0.3, -0.25) is 5.10 Å². The Bertz CT molecular complexity index is 735. The van der Waals surface area contributed by atoms with E-state index in [4.69, 9.17) is 5.11 Å². The number of carboxylic acids is 1. The zero-order valence-corrected chi connectivity index (χ0v) is 12.2. The van der Waals surface area contributed by atoms with Crippen molar-refractivity contribution in [2.45, 2.75) is 31.2 Å². The molecule has 0 aliphatic carbocycles. The largest absolute Gasteiger partial charge is 0.476 e. The molecule has 0 aromatic carbocycles. The molecule has 0 radical (unpaired) electrons. The van der Waals surface area contributed by atoms with E-state index >= 15 is 0 Å². The molecule has 2 aromatic heterocycles. The zero-order valence-electron chi connectivity index (χ0n) is 11.4. The van der Waals surface area contributed by atoms with E-state index in [9.17, 15) is 13.2 Å². The number of rotatable bonds is 6. The number of aromatic amines is 2. The number of nitrogens with zero attached hydrogens (tertiary/aromatic N) is 2. The van der Waals surface area contributed by atoms with Gasteiger partial charge in [-0.15, -0.1) is 0 Å². The first-order valence-corrected chi connectivity index (χ1v) is 7.65. The molecule has 0 saturated heterocycles. The summed E-state index contributed by atoms with van der Waals surface area (Å²) < 4.78 is 27.3. The van der Waals surface area contributed by atoms with Gasteiger partial charge in [-0.1, -0.05) is 6.92 Å². The van der Waals surface area contributed by atoms with Crippen LogP contribution in [0.3, 0.4) is 0 Å². The lowest BCUT2D eigenvalue weighted by molar-refractivity contribution is 0.0686. The van der Waals surface area contributed by atoms with Gasteiger partial charge in [0.1, 0.15) is 10.7 Å². The number of imidazole rings is 1. The van der Waals surface area contributed by atoms with Gasteiger partial charge < -0.3 is 10.1 Å². The molecule has 2 aromatic rings. The summed E-state index contributed by atoms with van der Waals surface area (Å²) in [6.45, 7) is 3.23. The van der Waals surface area contributed by atoms with Crippen LogP contribution in [0.4, 0.5) is 0 Å². The predicted octanol–water partition coefficient (Wildman–Crippen LogP) is 0.569. The van der Waals surface area contributed by atoms with Gasteiger partial charge in [0.15, 0.2) is 5.69 Å². The van der Waals surface area contributed by atoms with Crippen LogP contribution < -0.4 is 4.72 Å². The third-order valence-electron chi connectivity index (χ3n) is 2.92. The van der Waals surface area contributed by atoms with E-state index in [0.717, 1.165) is 0 Å². The topological polar surface area (TPSA) is 141 Å². The molecule has 10 heteroatoms. The fourth-order valence-electron chi connectivity index (χ4n) is 1.94. The van der Waals surface area contributed by atoms with Crippen molar-refractivity contribution in [1.29, 1.82) is 0 Å². The molecule has 0 aliphatic heterocycles. The van der Waals surface area contributed by atoms with Crippen LogP contribution in [-0.4, -0.2) is 39.7 Å². The van der Waals surface area contributed by atoms with Crippen LogP contribution in [0, 0.1) is 6.92 Å². The van der Waals surface area contributed by atoms with Crippen molar-refractivity contribution in [2.75, 3.05) is 0 Å². The normalized spacial score (nSPS) is 13.2. The van der Waals surface area contributed by atoms with Gasteiger partial charge in [0.25, 0.3) is 0 Å². The summed E-state index contributed by atoms with van der Waals surface area (Å²) in [4.78, 5) is 17.6. The van der Waals surface area contributed by atoms with Crippen molar-refractivity contribution in [3.8, 4) is 0 Å². The molecule has 9 nitrogen and oxygen atoms in total. The van der Waals surface area contributed by atoms with Crippen LogP contribution >= 0.6 is 0 Å². The number of aromatic carboxylic acids is 1. The lowest BCUT2D eigenvalue weighted by atomic mass is 10.2. The minimum absolute atomic E-state index is 0.161. The number of hydrogen-bond acceptors (Lipinski definition) is 5. The second-order valence-electron chi connectivity index (χ2n) is 4.39. The molecule has 1 atom stereocenters. The zero-order chi connectivity index (χ0) is 15.6. The Morgan fingerprint density at radius 1 is 1.52 bits per heavy atom. The average molecular weight is 313 g/mol. The van der Waals surface area contributed by atoms with E-state index in [1.807, 2.05) is 0 Å². The molecule has 0 fully saturated rings. The van der Waals surface area contributed by atoms with Gasteiger partial charge in [-0.05, 0) is 13.3 Å². The Kier molecular flexibility index (Phi) is 4.09. The number of sulfonamides is 1. The number of hydrogen-bond donors (Lipinski definition) is 4. The lowest BCUT2D eigenvalue weighted by Crippen LogP contribution is -2.30. The standard InChI is InChI=1S/C11H15N5O4S/c1-3-7(10-12-4-5-13-10)16-21(19,20)9-6(2)14-15-8(9)11(17)18/h4-5,7,16H,3H2,1-2H3,(H,12,13)(H,14,15)(H,17,18). The van der Waals surface area contributed by atoms with E-state index in [0.29, 0.717) is 12.2 Å². The first-order valence-electron chi connectivity index (χ1n) is 6.16. The fourth-order valence-corrected chi connectivity index (χ4v) is 3.55. The molecule has 2 rings (SSSR count). The third-order valence-corrected chi connectivity index (χ3v) is 4.55. The SMILES string of the molecule is CCC(NS(=O)(=O)c1c(C(=O)O)n[nH]c1C)c1ncc[nH]1. The van der Waals surface area contributed by atoms with E-state index < -0.39 is 27.7 Å². The van der Waals surface area contributed by atoms with Gasteiger partial charge in [0.05, 0.1) is 11.7 Å². The summed E-state index contributed by atoms with van der Waals surface area (Å²) >= 11 is 0. The second-order valence-corrected chi connectivity index (χ2v) is 6.04. The van der Waals surface area contributed by atoms with Crippen LogP contribution in [0.5, 0.6) is 0 Å². The van der Waals surface area contributed by atoms with Gasteiger partial charge in [-0.25, -0.2) is 22.9 Å². The smallest absolute Gasteiger partial charge is 0.357 e. The van der Waals surface area contributed by atoms with Crippen molar-refractivity contribution < 1.29 is 18.3 Å². The van der Waals surface area contributed by atoms with Crippen LogP contribution in [0.25, 0.3) is 0 Å². The highest BCUT2D eigenvalue weighted by atomic mass is 32.2. The highest BCUT2D eigenvalue weighted by molar-refractivity contribution is 7.89. The molecule has 0 bridgehead atoms. The minimum Gasteiger partial charge on any atom is -0.476 e. The molecule has 0 saturated carbocycles. The van der Waals surface area contributed by atoms with Crippen molar-refractivity contribution in [1.82, 2.24) is 24.9 Å². The summed E-state index contributed by atoms with van der Waals surface area (Å²) in [5.41, 5.74) is -0.372. The number of nitrogens with one attached hydrogen (secondary N) is 3. The molecular formula is C11H15N5O4S. The Balaban J connectivity index is 2.39. The maximum absolute atomic E-state index is 12.4. The van der Waals surface area contributed by atoms with Crippen LogP contribution in [0.2, 0.25) is 0 Å². The molecule has 2 heterocycles. The highest BCUT2D eigenvalue weighted by Crippen LogP contribution is 2.21. The summed E-state index contributed by atoms with van der Waals surface area (Å²) in [6, 6.07) is -0.582. The predicted molar refractivity (Wildman–Crippen MR) is 72.2 cm³/mol. The number of H-pyrrole nitrogens is 2. The van der Waals surface area contributed by atoms with Crippen molar-refractivity contribution >= 4 is 16.0 Å². The highest BCUT2D eigenvalue weighted by Gasteiger charge is 2.30. The number of aryl methyl sites for hydroxylation is 1. The van der Waals surface area contributed by atoms with E-state index in [1.165, 1.54) is 13.1 Å². The van der Waals surface area contributed by atoms with Gasteiger partial charge >= 0.3 is 5.97 Å². The monoisotopic (exact) mass is 313 g/mol. The Morgan fingerprint density at radius 2 is 2.24 bits per heavy atom. The summed E-state index contributed by atoms with van der Waals surface area (Å²) in [6.07, 6.45) is 3.54. The van der Waals surface area contributed by atoms with E-state index in [2.05, 4.69) is 24.9 Å². The second kappa shape index (κ2) is 5.66. The quantitative estimate of drug-likeness (QED) is 0.614. The molecule has 21 heavy (non-hydrogen) atoms. The maximum atomic E-state index is 12.4. The third kappa shape index (κ3) is 2.95. The summed E-state index contributed by atoms with van der Waals surface area (Å²) in [7, 11) is -4.05. The van der Waals surface area contributed by atoms with Crippen LogP contribution in [0.15, 0.2) is 17.3 Å². The first kappa shape index (κ1) is 15.2. The lowest BCUT2D eigenvalue weighted by Gasteiger charge is -2.15. The van der Waals surface area contributed by atoms with E-state index in [-0.39, 0.29) is 10.6 Å². The Morgan fingerprint density at radius 3 is 2.76 bits per heavy atom. The van der Waals surface area contributed by atoms with Gasteiger partial charge in [0, 0.05) is 12.4 Å². The average Bonchev–Trinajstić information content (AvgIpc) is 3.04. The Labute approximate surface area is 120 Å². The molecular weight excluding hydrogens is 298 g/mol. The van der Waals surface area contributed by atoms with Gasteiger partial charge in [0.2, 0.25) is 10.0 Å². The van der Waals surface area contributed by atoms with Gasteiger partial charge in [-0.2, -0.15) is 5.10 Å². The summed E-state index contributed by atoms with van der Waals surface area (Å²) in [5, 5.41) is 14.9. The van der Waals surface area contributed by atoms with Crippen LogP contribution in [-0.2, 0) is 10.0 Å². The number of carbonyl (C=O) groups is 1. The van der Waals surface area contributed by atoms with Crippen molar-refractivity contribution in [2.24, 2.45) is 0 Å². The molecule has 0 aliphatic rings. The minimum atomic E-state index is -4.05. The summed E-state index contributed by atoms with van der Waals surface area (Å²) in [5.74, 6) is -0.954. The number of aromatic nitrogens is 4. The first-order chi connectivity index (χ1) is 9.86. The molecule has 1 unspecified atom stereocenters. The molecule has 114 valence electrons. The fraction of sp³-hybridized carbons (Fsp3) is 0.364. The molecule has 0 spiro atoms.